The van der Waals surface area contributed by atoms with Crippen molar-refractivity contribution in [3.8, 4) is 0 Å². The van der Waals surface area contributed by atoms with E-state index in [2.05, 4.69) is 54.6 Å². The average molecular weight is 393 g/mol. The molecule has 0 saturated heterocycles. The maximum Gasteiger partial charge on any atom is 0.192 e. The summed E-state index contributed by atoms with van der Waals surface area (Å²) in [7, 11) is -1.96. The van der Waals surface area contributed by atoms with Crippen LogP contribution >= 0.6 is 0 Å². The van der Waals surface area contributed by atoms with Gasteiger partial charge < -0.3 is 9.53 Å². The summed E-state index contributed by atoms with van der Waals surface area (Å²) in [6, 6.07) is 0. The van der Waals surface area contributed by atoms with Crippen molar-refractivity contribution in [3.63, 3.8) is 0 Å². The van der Waals surface area contributed by atoms with Crippen LogP contribution in [0, 0.1) is 23.2 Å². The topological polar surface area (TPSA) is 46.5 Å². The molecule has 0 unspecified atom stereocenters. The average Bonchev–Trinajstić information content (AvgIpc) is 2.76. The van der Waals surface area contributed by atoms with Crippen LogP contribution in [-0.2, 0) is 9.22 Å². The Morgan fingerprint density at radius 1 is 1.26 bits per heavy atom. The minimum Gasteiger partial charge on any atom is -0.410 e. The molecule has 27 heavy (non-hydrogen) atoms. The van der Waals surface area contributed by atoms with Crippen LogP contribution in [0.15, 0.2) is 11.1 Å². The molecule has 2 saturated carbocycles. The third-order valence-corrected chi connectivity index (χ3v) is 13.0. The first-order valence-electron chi connectivity index (χ1n) is 10.9. The third-order valence-electron chi connectivity index (χ3n) is 8.41. The molecule has 0 aromatic rings. The standard InChI is InChI=1S/C23H40O3Si/c1-14-9-10-17-16(11-14)19(24)12-18-21(20(25)13-23(17,18)6)15(2)26-27(7,8)22(3,4)5/h14-17,19,24H,9-13H2,1-8H3/t14-,15+,16-,17-,19-,23+/m1/s1. The lowest BCUT2D eigenvalue weighted by Gasteiger charge is -2.51. The molecule has 1 N–H and O–H groups in total. The Bertz CT molecular complexity index is 644. The van der Waals surface area contributed by atoms with Crippen molar-refractivity contribution in [3.05, 3.63) is 11.1 Å². The molecule has 3 aliphatic carbocycles. The van der Waals surface area contributed by atoms with Crippen LogP contribution in [0.2, 0.25) is 18.1 Å². The summed E-state index contributed by atoms with van der Waals surface area (Å²) in [5, 5.41) is 11.1. The number of rotatable bonds is 3. The summed E-state index contributed by atoms with van der Waals surface area (Å²) in [6.07, 6.45) is 4.27. The molecule has 6 atom stereocenters. The van der Waals surface area contributed by atoms with Crippen molar-refractivity contribution in [2.45, 2.75) is 104 Å². The highest BCUT2D eigenvalue weighted by Gasteiger charge is 2.56. The molecule has 0 heterocycles. The van der Waals surface area contributed by atoms with E-state index in [1.807, 2.05) is 0 Å². The molecule has 0 bridgehead atoms. The van der Waals surface area contributed by atoms with E-state index in [1.165, 1.54) is 12.0 Å². The number of carbonyl (C=O) groups is 1. The van der Waals surface area contributed by atoms with Crippen molar-refractivity contribution in [1.82, 2.24) is 0 Å². The van der Waals surface area contributed by atoms with Crippen LogP contribution in [0.5, 0.6) is 0 Å². The van der Waals surface area contributed by atoms with Crippen LogP contribution in [0.1, 0.15) is 73.6 Å². The normalized spacial score (nSPS) is 38.6. The van der Waals surface area contributed by atoms with Gasteiger partial charge in [-0.15, -0.1) is 0 Å². The Balaban J connectivity index is 1.94. The molecule has 3 rings (SSSR count). The lowest BCUT2D eigenvalue weighted by molar-refractivity contribution is -0.118. The zero-order valence-electron chi connectivity index (χ0n) is 18.7. The fourth-order valence-corrected chi connectivity index (χ4v) is 7.22. The zero-order valence-corrected chi connectivity index (χ0v) is 19.7. The first-order valence-corrected chi connectivity index (χ1v) is 13.8. The van der Waals surface area contributed by atoms with Gasteiger partial charge in [0.1, 0.15) is 0 Å². The van der Waals surface area contributed by atoms with Crippen LogP contribution in [0.4, 0.5) is 0 Å². The highest BCUT2D eigenvalue weighted by atomic mass is 28.4. The minimum absolute atomic E-state index is 0.0680. The fraction of sp³-hybridized carbons (Fsp3) is 0.870. The Hall–Kier alpha value is -0.453. The Morgan fingerprint density at radius 2 is 1.89 bits per heavy atom. The van der Waals surface area contributed by atoms with Gasteiger partial charge in [-0.3, -0.25) is 4.79 Å². The number of Topliss-reactive ketones (excluding diaryl/α,β-unsaturated/α-hetero) is 1. The number of hydrogen-bond donors (Lipinski definition) is 1. The van der Waals surface area contributed by atoms with Crippen LogP contribution < -0.4 is 0 Å². The Morgan fingerprint density at radius 3 is 2.48 bits per heavy atom. The van der Waals surface area contributed by atoms with Gasteiger partial charge in [0.05, 0.1) is 12.2 Å². The van der Waals surface area contributed by atoms with E-state index < -0.39 is 8.32 Å². The smallest absolute Gasteiger partial charge is 0.192 e. The van der Waals surface area contributed by atoms with E-state index in [0.717, 1.165) is 18.4 Å². The van der Waals surface area contributed by atoms with E-state index in [4.69, 9.17) is 4.43 Å². The lowest BCUT2D eigenvalue weighted by Crippen LogP contribution is -2.47. The van der Waals surface area contributed by atoms with Crippen LogP contribution in [-0.4, -0.2) is 31.4 Å². The van der Waals surface area contributed by atoms with E-state index >= 15 is 0 Å². The number of aliphatic hydroxyl groups is 1. The monoisotopic (exact) mass is 392 g/mol. The molecular formula is C23H40O3Si. The highest BCUT2D eigenvalue weighted by molar-refractivity contribution is 6.74. The lowest BCUT2D eigenvalue weighted by atomic mass is 9.54. The van der Waals surface area contributed by atoms with Gasteiger partial charge in [0, 0.05) is 12.0 Å². The van der Waals surface area contributed by atoms with Crippen molar-refractivity contribution in [2.24, 2.45) is 23.2 Å². The summed E-state index contributed by atoms with van der Waals surface area (Å²) in [6.45, 7) is 17.9. The van der Waals surface area contributed by atoms with Gasteiger partial charge >= 0.3 is 0 Å². The quantitative estimate of drug-likeness (QED) is 0.646. The highest BCUT2D eigenvalue weighted by Crippen LogP contribution is 2.60. The molecule has 0 amide bonds. The van der Waals surface area contributed by atoms with Crippen molar-refractivity contribution < 1.29 is 14.3 Å². The van der Waals surface area contributed by atoms with E-state index in [1.54, 1.807) is 0 Å². The second-order valence-corrected chi connectivity index (χ2v) is 16.1. The van der Waals surface area contributed by atoms with Crippen molar-refractivity contribution >= 4 is 14.1 Å². The summed E-state index contributed by atoms with van der Waals surface area (Å²) in [5.74, 6) is 1.75. The van der Waals surface area contributed by atoms with Gasteiger partial charge in [-0.1, -0.05) is 46.6 Å². The first-order chi connectivity index (χ1) is 12.3. The number of hydrogen-bond acceptors (Lipinski definition) is 3. The summed E-state index contributed by atoms with van der Waals surface area (Å²) in [5.41, 5.74) is 2.06. The molecule has 0 aliphatic heterocycles. The second kappa shape index (κ2) is 6.81. The van der Waals surface area contributed by atoms with E-state index in [0.29, 0.717) is 30.6 Å². The largest absolute Gasteiger partial charge is 0.410 e. The second-order valence-electron chi connectivity index (χ2n) is 11.4. The van der Waals surface area contributed by atoms with Gasteiger partial charge in [-0.2, -0.15) is 0 Å². The molecule has 3 aliphatic rings. The number of carbonyl (C=O) groups excluding carboxylic acids is 1. The maximum absolute atomic E-state index is 13.2. The van der Waals surface area contributed by atoms with Crippen molar-refractivity contribution in [2.75, 3.05) is 0 Å². The molecule has 3 nitrogen and oxygen atoms in total. The minimum atomic E-state index is -1.96. The number of ketones is 1. The fourth-order valence-electron chi connectivity index (χ4n) is 5.86. The van der Waals surface area contributed by atoms with Gasteiger partial charge in [0.25, 0.3) is 0 Å². The van der Waals surface area contributed by atoms with Crippen molar-refractivity contribution in [1.29, 1.82) is 0 Å². The summed E-state index contributed by atoms with van der Waals surface area (Å²) >= 11 is 0. The molecule has 4 heteroatoms. The first kappa shape index (κ1) is 21.3. The zero-order chi connectivity index (χ0) is 20.4. The maximum atomic E-state index is 13.2. The Kier molecular flexibility index (Phi) is 5.36. The predicted molar refractivity (Wildman–Crippen MR) is 113 cm³/mol. The molecule has 154 valence electrons. The number of fused-ring (bicyclic) bond motifs is 3. The molecule has 2 fully saturated rings. The SMILES string of the molecule is C[C@@H]1CC[C@@H]2[C@@H](C1)[C@H](O)CC1=C([C@H](C)O[Si](C)(C)C(C)(C)C)C(=O)C[C@]12C. The molecule has 0 spiro atoms. The van der Waals surface area contributed by atoms with Gasteiger partial charge in [0.15, 0.2) is 14.1 Å². The predicted octanol–water partition coefficient (Wildman–Crippen LogP) is 5.49. The van der Waals surface area contributed by atoms with E-state index in [-0.39, 0.29) is 28.4 Å². The summed E-state index contributed by atoms with van der Waals surface area (Å²) in [4.78, 5) is 13.2. The van der Waals surface area contributed by atoms with Crippen LogP contribution in [0.3, 0.4) is 0 Å². The van der Waals surface area contributed by atoms with Gasteiger partial charge in [0.2, 0.25) is 0 Å². The summed E-state index contributed by atoms with van der Waals surface area (Å²) < 4.78 is 6.62. The molecular weight excluding hydrogens is 352 g/mol. The molecule has 0 aromatic carbocycles. The molecule has 0 radical (unpaired) electrons. The number of aliphatic hydroxyl groups excluding tert-OH is 1. The van der Waals surface area contributed by atoms with Gasteiger partial charge in [-0.25, -0.2) is 0 Å². The third kappa shape index (κ3) is 3.51. The van der Waals surface area contributed by atoms with Crippen LogP contribution in [0.25, 0.3) is 0 Å². The molecule has 0 aromatic heterocycles. The van der Waals surface area contributed by atoms with Gasteiger partial charge in [-0.05, 0) is 67.5 Å². The van der Waals surface area contributed by atoms with E-state index in [9.17, 15) is 9.90 Å². The Labute approximate surface area is 167 Å².